The number of anilines is 3. The molecule has 0 aromatic heterocycles. The number of sulfonamides is 1. The van der Waals surface area contributed by atoms with Crippen LogP contribution in [0.3, 0.4) is 0 Å². The average molecular weight is 447 g/mol. The van der Waals surface area contributed by atoms with Crippen molar-refractivity contribution >= 4 is 33.0 Å². The fourth-order valence-corrected chi connectivity index (χ4v) is 4.64. The quantitative estimate of drug-likeness (QED) is 0.648. The Bertz CT molecular complexity index is 1020. The highest BCUT2D eigenvalue weighted by atomic mass is 32.2. The van der Waals surface area contributed by atoms with Gasteiger partial charge in [-0.05, 0) is 49.6 Å². The van der Waals surface area contributed by atoms with E-state index in [1.807, 2.05) is 18.2 Å². The van der Waals surface area contributed by atoms with E-state index in [4.69, 9.17) is 4.74 Å². The Hall–Kier alpha value is -2.78. The Balaban J connectivity index is 1.70. The number of nitrogens with zero attached hydrogens (tertiary/aromatic N) is 2. The van der Waals surface area contributed by atoms with Crippen LogP contribution in [0.2, 0.25) is 0 Å². The minimum atomic E-state index is -3.72. The van der Waals surface area contributed by atoms with Gasteiger partial charge >= 0.3 is 0 Å². The highest BCUT2D eigenvalue weighted by molar-refractivity contribution is 7.89. The largest absolute Gasteiger partial charge is 0.495 e. The van der Waals surface area contributed by atoms with Crippen LogP contribution in [0.15, 0.2) is 47.4 Å². The van der Waals surface area contributed by atoms with E-state index in [2.05, 4.69) is 21.6 Å². The number of carbonyl (C=O) groups excluding carboxylic acids is 1. The van der Waals surface area contributed by atoms with Crippen molar-refractivity contribution in [3.63, 3.8) is 0 Å². The summed E-state index contributed by atoms with van der Waals surface area (Å²) in [5.74, 6) is -0.0490. The van der Waals surface area contributed by atoms with Gasteiger partial charge < -0.3 is 20.3 Å². The monoisotopic (exact) mass is 446 g/mol. The van der Waals surface area contributed by atoms with Crippen LogP contribution in [0.5, 0.6) is 5.75 Å². The maximum Gasteiger partial charge on any atom is 0.246 e. The van der Waals surface area contributed by atoms with Crippen LogP contribution < -0.4 is 20.3 Å². The third-order valence-electron chi connectivity index (χ3n) is 5.25. The van der Waals surface area contributed by atoms with Crippen molar-refractivity contribution in [1.82, 2.24) is 4.31 Å². The Morgan fingerprint density at radius 2 is 1.81 bits per heavy atom. The minimum absolute atomic E-state index is 0.00111. The zero-order valence-electron chi connectivity index (χ0n) is 18.2. The molecule has 2 aromatic carbocycles. The lowest BCUT2D eigenvalue weighted by Gasteiger charge is -2.30. The third kappa shape index (κ3) is 5.48. The summed E-state index contributed by atoms with van der Waals surface area (Å²) in [6.45, 7) is 2.09. The first-order chi connectivity index (χ1) is 14.8. The standard InChI is InChI=1S/C22H30N4O4S/c1-25(2)31(28,29)21-15-17(11-12-20(21)30-3)24-22(27)16-23-18-9-5-6-10-19(18)26-13-7-4-8-14-26/h5-6,9-12,15,23H,4,7-8,13-14,16H2,1-3H3,(H,24,27). The summed E-state index contributed by atoms with van der Waals surface area (Å²) in [7, 11) is 0.590. The molecule has 168 valence electrons. The summed E-state index contributed by atoms with van der Waals surface area (Å²) < 4.78 is 31.4. The van der Waals surface area contributed by atoms with Crippen molar-refractivity contribution in [2.24, 2.45) is 0 Å². The van der Waals surface area contributed by atoms with Gasteiger partial charge in [0.2, 0.25) is 15.9 Å². The van der Waals surface area contributed by atoms with Crippen LogP contribution >= 0.6 is 0 Å². The molecule has 0 atom stereocenters. The number of methoxy groups -OCH3 is 1. The first-order valence-corrected chi connectivity index (χ1v) is 11.7. The Morgan fingerprint density at radius 1 is 1.10 bits per heavy atom. The van der Waals surface area contributed by atoms with Gasteiger partial charge in [0.25, 0.3) is 0 Å². The topological polar surface area (TPSA) is 91.0 Å². The van der Waals surface area contributed by atoms with Crippen LogP contribution in [0, 0.1) is 0 Å². The van der Waals surface area contributed by atoms with Crippen molar-refractivity contribution < 1.29 is 17.9 Å². The number of rotatable bonds is 8. The lowest BCUT2D eigenvalue weighted by atomic mass is 10.1. The zero-order chi connectivity index (χ0) is 22.4. The number of benzene rings is 2. The number of amides is 1. The summed E-state index contributed by atoms with van der Waals surface area (Å²) in [5.41, 5.74) is 2.39. The number of ether oxygens (including phenoxy) is 1. The predicted octanol–water partition coefficient (Wildman–Crippen LogP) is 2.99. The molecule has 9 heteroatoms. The smallest absolute Gasteiger partial charge is 0.246 e. The van der Waals surface area contributed by atoms with Crippen molar-refractivity contribution in [1.29, 1.82) is 0 Å². The number of carbonyl (C=O) groups is 1. The number of hydrogen-bond donors (Lipinski definition) is 2. The van der Waals surface area contributed by atoms with Gasteiger partial charge in [-0.3, -0.25) is 4.79 Å². The molecule has 1 aliphatic heterocycles. The molecule has 1 amide bonds. The molecule has 0 unspecified atom stereocenters. The zero-order valence-corrected chi connectivity index (χ0v) is 19.0. The molecule has 1 heterocycles. The summed E-state index contributed by atoms with van der Waals surface area (Å²) >= 11 is 0. The summed E-state index contributed by atoms with van der Waals surface area (Å²) in [5, 5.41) is 5.97. The van der Waals surface area contributed by atoms with Crippen molar-refractivity contribution in [3.8, 4) is 5.75 Å². The normalized spacial score (nSPS) is 14.4. The summed E-state index contributed by atoms with van der Waals surface area (Å²) in [6, 6.07) is 12.5. The van der Waals surface area contributed by atoms with Crippen LogP contribution in [0.25, 0.3) is 0 Å². The second-order valence-electron chi connectivity index (χ2n) is 7.62. The second-order valence-corrected chi connectivity index (χ2v) is 9.74. The first-order valence-electron chi connectivity index (χ1n) is 10.3. The molecule has 0 saturated carbocycles. The maximum absolute atomic E-state index is 12.6. The average Bonchev–Trinajstić information content (AvgIpc) is 2.78. The molecule has 1 saturated heterocycles. The van der Waals surface area contributed by atoms with Gasteiger partial charge in [0.05, 0.1) is 25.0 Å². The number of piperidine rings is 1. The fourth-order valence-electron chi connectivity index (χ4n) is 3.57. The van der Waals surface area contributed by atoms with Crippen LogP contribution in [-0.2, 0) is 14.8 Å². The third-order valence-corrected chi connectivity index (χ3v) is 7.08. The van der Waals surface area contributed by atoms with E-state index in [1.165, 1.54) is 52.6 Å². The van der Waals surface area contributed by atoms with Gasteiger partial charge in [-0.1, -0.05) is 12.1 Å². The highest BCUT2D eigenvalue weighted by Gasteiger charge is 2.23. The molecule has 2 aromatic rings. The first kappa shape index (κ1) is 22.9. The highest BCUT2D eigenvalue weighted by Crippen LogP contribution is 2.30. The van der Waals surface area contributed by atoms with Gasteiger partial charge in [-0.25, -0.2) is 12.7 Å². The van der Waals surface area contributed by atoms with E-state index in [9.17, 15) is 13.2 Å². The van der Waals surface area contributed by atoms with E-state index in [1.54, 1.807) is 6.07 Å². The van der Waals surface area contributed by atoms with Gasteiger partial charge in [-0.2, -0.15) is 0 Å². The van der Waals surface area contributed by atoms with Gasteiger partial charge in [0.1, 0.15) is 10.6 Å². The van der Waals surface area contributed by atoms with Gasteiger partial charge in [-0.15, -0.1) is 0 Å². The summed E-state index contributed by atoms with van der Waals surface area (Å²) in [4.78, 5) is 14.9. The van der Waals surface area contributed by atoms with Gasteiger partial charge in [0, 0.05) is 32.9 Å². The molecule has 31 heavy (non-hydrogen) atoms. The van der Waals surface area contributed by atoms with Crippen molar-refractivity contribution in [2.75, 3.05) is 56.4 Å². The van der Waals surface area contributed by atoms with E-state index in [0.29, 0.717) is 5.69 Å². The molecule has 2 N–H and O–H groups in total. The van der Waals surface area contributed by atoms with E-state index >= 15 is 0 Å². The lowest BCUT2D eigenvalue weighted by Crippen LogP contribution is -2.30. The molecule has 8 nitrogen and oxygen atoms in total. The molecule has 1 fully saturated rings. The van der Waals surface area contributed by atoms with Crippen molar-refractivity contribution in [2.45, 2.75) is 24.2 Å². The number of nitrogens with one attached hydrogen (secondary N) is 2. The Morgan fingerprint density at radius 3 is 2.48 bits per heavy atom. The van der Waals surface area contributed by atoms with Gasteiger partial charge in [0.15, 0.2) is 0 Å². The Labute approximate surface area is 184 Å². The fraction of sp³-hybridized carbons (Fsp3) is 0.409. The van der Waals surface area contributed by atoms with Crippen LogP contribution in [0.4, 0.5) is 17.1 Å². The number of hydrogen-bond acceptors (Lipinski definition) is 6. The lowest BCUT2D eigenvalue weighted by molar-refractivity contribution is -0.114. The van der Waals surface area contributed by atoms with Crippen LogP contribution in [0.1, 0.15) is 19.3 Å². The molecule has 0 bridgehead atoms. The van der Waals surface area contributed by atoms with Crippen molar-refractivity contribution in [3.05, 3.63) is 42.5 Å². The molecular formula is C22H30N4O4S. The molecule has 1 aliphatic rings. The molecule has 0 radical (unpaired) electrons. The maximum atomic E-state index is 12.6. The predicted molar refractivity (Wildman–Crippen MR) is 123 cm³/mol. The second kappa shape index (κ2) is 10.0. The van der Waals surface area contributed by atoms with E-state index < -0.39 is 10.0 Å². The SMILES string of the molecule is COc1ccc(NC(=O)CNc2ccccc2N2CCCCC2)cc1S(=O)(=O)N(C)C. The molecule has 0 aliphatic carbocycles. The molecule has 3 rings (SSSR count). The Kier molecular flexibility index (Phi) is 7.40. The minimum Gasteiger partial charge on any atom is -0.495 e. The molecule has 0 spiro atoms. The molecular weight excluding hydrogens is 416 g/mol. The van der Waals surface area contributed by atoms with Crippen LogP contribution in [-0.4, -0.2) is 59.5 Å². The number of para-hydroxylation sites is 2. The van der Waals surface area contributed by atoms with E-state index in [-0.39, 0.29) is 23.1 Å². The van der Waals surface area contributed by atoms with E-state index in [0.717, 1.165) is 28.8 Å². The summed E-state index contributed by atoms with van der Waals surface area (Å²) in [6.07, 6.45) is 3.59.